The first kappa shape index (κ1) is 17.3. The van der Waals surface area contributed by atoms with Gasteiger partial charge in [0.15, 0.2) is 4.96 Å². The van der Waals surface area contributed by atoms with Gasteiger partial charge >= 0.3 is 0 Å². The van der Waals surface area contributed by atoms with Crippen LogP contribution in [0.3, 0.4) is 0 Å². The number of carbonyl (C=O) groups is 1. The summed E-state index contributed by atoms with van der Waals surface area (Å²) in [5.74, 6) is -2.15. The number of amides is 1. The van der Waals surface area contributed by atoms with Gasteiger partial charge in [0.2, 0.25) is 0 Å². The normalized spacial score (nSPS) is 11.3. The number of anilines is 1. The second-order valence-electron chi connectivity index (χ2n) is 6.18. The van der Waals surface area contributed by atoms with Gasteiger partial charge in [-0.25, -0.2) is 13.8 Å². The van der Waals surface area contributed by atoms with Crippen LogP contribution in [0.15, 0.2) is 41.2 Å². The molecule has 0 spiro atoms. The molecule has 0 saturated carbocycles. The summed E-state index contributed by atoms with van der Waals surface area (Å²) >= 11 is 0.999. The van der Waals surface area contributed by atoms with Crippen molar-refractivity contribution in [2.24, 2.45) is 0 Å². The van der Waals surface area contributed by atoms with Crippen LogP contribution in [-0.4, -0.2) is 15.3 Å². The molecule has 2 aromatic heterocycles. The summed E-state index contributed by atoms with van der Waals surface area (Å²) in [5.41, 5.74) is 2.68. The molecule has 0 unspecified atom stereocenters. The van der Waals surface area contributed by atoms with Crippen LogP contribution in [0.4, 0.5) is 14.5 Å². The van der Waals surface area contributed by atoms with E-state index in [4.69, 9.17) is 0 Å². The molecular weight excluding hydrogens is 372 g/mol. The highest BCUT2D eigenvalue weighted by atomic mass is 32.1. The zero-order valence-electron chi connectivity index (χ0n) is 14.3. The molecule has 1 N–H and O–H groups in total. The van der Waals surface area contributed by atoms with Gasteiger partial charge in [-0.05, 0) is 49.2 Å². The van der Waals surface area contributed by atoms with Crippen molar-refractivity contribution >= 4 is 38.9 Å². The van der Waals surface area contributed by atoms with Crippen molar-refractivity contribution in [3.05, 3.63) is 74.4 Å². The van der Waals surface area contributed by atoms with Crippen LogP contribution in [0.5, 0.6) is 0 Å². The highest BCUT2D eigenvalue weighted by molar-refractivity contribution is 7.18. The molecule has 0 bridgehead atoms. The van der Waals surface area contributed by atoms with Crippen molar-refractivity contribution in [3.63, 3.8) is 0 Å². The fourth-order valence-electron chi connectivity index (χ4n) is 2.79. The lowest BCUT2D eigenvalue weighted by atomic mass is 10.1. The second-order valence-corrected chi connectivity index (χ2v) is 7.19. The number of carbonyl (C=O) groups excluding carboxylic acids is 1. The van der Waals surface area contributed by atoms with E-state index in [9.17, 15) is 18.4 Å². The number of halogens is 2. The van der Waals surface area contributed by atoms with Crippen LogP contribution in [-0.2, 0) is 0 Å². The van der Waals surface area contributed by atoms with Gasteiger partial charge in [-0.1, -0.05) is 11.3 Å². The van der Waals surface area contributed by atoms with E-state index >= 15 is 0 Å². The van der Waals surface area contributed by atoms with Crippen LogP contribution in [0, 0.1) is 25.5 Å². The molecule has 4 aromatic rings. The molecular formula is C19H13F2N3O2S. The largest absolute Gasteiger partial charge is 0.319 e. The predicted octanol–water partition coefficient (Wildman–Crippen LogP) is 4.06. The van der Waals surface area contributed by atoms with Gasteiger partial charge in [0, 0.05) is 12.1 Å². The van der Waals surface area contributed by atoms with E-state index < -0.39 is 23.1 Å². The number of benzene rings is 2. The van der Waals surface area contributed by atoms with Crippen molar-refractivity contribution in [1.29, 1.82) is 0 Å². The molecule has 0 aliphatic rings. The van der Waals surface area contributed by atoms with Crippen LogP contribution >= 0.6 is 11.3 Å². The van der Waals surface area contributed by atoms with Crippen LogP contribution in [0.25, 0.3) is 16.0 Å². The van der Waals surface area contributed by atoms with E-state index in [2.05, 4.69) is 10.3 Å². The minimum absolute atomic E-state index is 0.0555. The van der Waals surface area contributed by atoms with Gasteiger partial charge in [-0.15, -0.1) is 0 Å². The molecule has 4 rings (SSSR count). The highest BCUT2D eigenvalue weighted by Crippen LogP contribution is 2.23. The number of imidazole rings is 1. The number of nitrogens with zero attached hydrogens (tertiary/aromatic N) is 2. The molecule has 0 radical (unpaired) electrons. The number of aryl methyl sites for hydroxylation is 2. The van der Waals surface area contributed by atoms with Crippen molar-refractivity contribution in [1.82, 2.24) is 9.38 Å². The lowest BCUT2D eigenvalue weighted by Crippen LogP contribution is -2.17. The molecule has 5 nitrogen and oxygen atoms in total. The summed E-state index contributed by atoms with van der Waals surface area (Å²) in [6.45, 7) is 3.89. The average Bonchev–Trinajstić information content (AvgIpc) is 2.96. The molecule has 0 saturated heterocycles. The van der Waals surface area contributed by atoms with E-state index in [1.54, 1.807) is 0 Å². The molecule has 0 atom stereocenters. The Morgan fingerprint density at radius 2 is 1.85 bits per heavy atom. The molecule has 0 aliphatic heterocycles. The Morgan fingerprint density at radius 1 is 1.11 bits per heavy atom. The standard InChI is InChI=1S/C19H13F2N3O2S/c1-9-5-14-15(6-10(9)2)24-17(25)8-16(27-19(24)23-14)18(26)22-13-7-11(20)3-4-12(13)21/h3-8H,1-2H3,(H,22,26). The Kier molecular flexibility index (Phi) is 4.00. The first-order valence-electron chi connectivity index (χ1n) is 8.03. The number of fused-ring (bicyclic) bond motifs is 3. The van der Waals surface area contributed by atoms with E-state index in [-0.39, 0.29) is 10.6 Å². The van der Waals surface area contributed by atoms with Crippen molar-refractivity contribution in [2.75, 3.05) is 5.32 Å². The Labute approximate surface area is 155 Å². The van der Waals surface area contributed by atoms with E-state index in [0.29, 0.717) is 16.0 Å². The first-order chi connectivity index (χ1) is 12.8. The minimum Gasteiger partial charge on any atom is -0.319 e. The topological polar surface area (TPSA) is 63.5 Å². The number of aromatic nitrogens is 2. The Hall–Kier alpha value is -3.13. The molecule has 27 heavy (non-hydrogen) atoms. The smallest absolute Gasteiger partial charge is 0.266 e. The fourth-order valence-corrected chi connectivity index (χ4v) is 3.71. The van der Waals surface area contributed by atoms with E-state index in [1.165, 1.54) is 10.5 Å². The third-order valence-corrected chi connectivity index (χ3v) is 5.30. The van der Waals surface area contributed by atoms with Crippen LogP contribution in [0.2, 0.25) is 0 Å². The van der Waals surface area contributed by atoms with Crippen LogP contribution in [0.1, 0.15) is 20.8 Å². The van der Waals surface area contributed by atoms with Gasteiger partial charge in [-0.2, -0.15) is 0 Å². The summed E-state index contributed by atoms with van der Waals surface area (Å²) in [4.78, 5) is 29.8. The first-order valence-corrected chi connectivity index (χ1v) is 8.85. The van der Waals surface area contributed by atoms with Gasteiger partial charge in [0.05, 0.1) is 16.7 Å². The third kappa shape index (κ3) is 2.97. The Bertz CT molecular complexity index is 1290. The number of hydrogen-bond acceptors (Lipinski definition) is 4. The summed E-state index contributed by atoms with van der Waals surface area (Å²) in [6, 6.07) is 7.68. The van der Waals surface area contributed by atoms with Gasteiger partial charge in [-0.3, -0.25) is 14.0 Å². The lowest BCUT2D eigenvalue weighted by molar-refractivity contribution is 0.102. The number of hydrogen-bond donors (Lipinski definition) is 1. The zero-order chi connectivity index (χ0) is 19.3. The monoisotopic (exact) mass is 385 g/mol. The van der Waals surface area contributed by atoms with Crippen LogP contribution < -0.4 is 10.9 Å². The molecule has 2 heterocycles. The third-order valence-electron chi connectivity index (χ3n) is 4.32. The van der Waals surface area contributed by atoms with Crippen molar-refractivity contribution in [2.45, 2.75) is 13.8 Å². The van der Waals surface area contributed by atoms with E-state index in [1.807, 2.05) is 26.0 Å². The molecule has 2 aromatic carbocycles. The summed E-state index contributed by atoms with van der Waals surface area (Å²) in [7, 11) is 0. The fraction of sp³-hybridized carbons (Fsp3) is 0.105. The second kappa shape index (κ2) is 6.24. The van der Waals surface area contributed by atoms with Gasteiger partial charge < -0.3 is 5.32 Å². The number of nitrogens with one attached hydrogen (secondary N) is 1. The molecule has 0 fully saturated rings. The minimum atomic E-state index is -0.768. The summed E-state index contributed by atoms with van der Waals surface area (Å²) in [6.07, 6.45) is 0. The Morgan fingerprint density at radius 3 is 2.63 bits per heavy atom. The molecule has 0 aliphatic carbocycles. The Balaban J connectivity index is 1.81. The van der Waals surface area contributed by atoms with E-state index in [0.717, 1.165) is 40.7 Å². The highest BCUT2D eigenvalue weighted by Gasteiger charge is 2.16. The molecule has 8 heteroatoms. The van der Waals surface area contributed by atoms with Crippen molar-refractivity contribution in [3.8, 4) is 0 Å². The summed E-state index contributed by atoms with van der Waals surface area (Å²) < 4.78 is 28.5. The molecule has 136 valence electrons. The average molecular weight is 385 g/mol. The predicted molar refractivity (Wildman–Crippen MR) is 101 cm³/mol. The quantitative estimate of drug-likeness (QED) is 0.566. The lowest BCUT2D eigenvalue weighted by Gasteiger charge is -2.06. The van der Waals surface area contributed by atoms with Crippen molar-refractivity contribution < 1.29 is 13.6 Å². The summed E-state index contributed by atoms with van der Waals surface area (Å²) in [5, 5.41) is 2.29. The maximum atomic E-state index is 13.7. The van der Waals surface area contributed by atoms with Gasteiger partial charge in [0.1, 0.15) is 16.5 Å². The molecule has 1 amide bonds. The van der Waals surface area contributed by atoms with Gasteiger partial charge in [0.25, 0.3) is 11.5 Å². The maximum absolute atomic E-state index is 13.7. The SMILES string of the molecule is Cc1cc2nc3sc(C(=O)Nc4cc(F)ccc4F)cc(=O)n3c2cc1C. The zero-order valence-corrected chi connectivity index (χ0v) is 15.2. The maximum Gasteiger partial charge on any atom is 0.266 e. The number of rotatable bonds is 2.